The van der Waals surface area contributed by atoms with Crippen LogP contribution in [0, 0.1) is 0 Å². The molecular formula is C22H43N2O2. The molecule has 0 rings (SSSR count). The molecule has 153 valence electrons. The molecule has 0 unspecified atom stereocenters. The van der Waals surface area contributed by atoms with Gasteiger partial charge in [0.1, 0.15) is 5.78 Å². The van der Waals surface area contributed by atoms with E-state index in [0.717, 1.165) is 38.5 Å². The molecular weight excluding hydrogens is 324 g/mol. The van der Waals surface area contributed by atoms with Crippen molar-refractivity contribution in [3.63, 3.8) is 0 Å². The van der Waals surface area contributed by atoms with Crippen LogP contribution in [0.2, 0.25) is 0 Å². The van der Waals surface area contributed by atoms with Gasteiger partial charge in [0.15, 0.2) is 6.29 Å². The highest BCUT2D eigenvalue weighted by Crippen LogP contribution is 2.13. The lowest BCUT2D eigenvalue weighted by Crippen LogP contribution is -2.30. The fourth-order valence-corrected chi connectivity index (χ4v) is 3.30. The first-order chi connectivity index (χ1) is 12.7. The van der Waals surface area contributed by atoms with Gasteiger partial charge in [-0.25, -0.2) is 0 Å². The molecule has 0 saturated heterocycles. The van der Waals surface area contributed by atoms with Crippen molar-refractivity contribution in [1.29, 1.82) is 0 Å². The third kappa shape index (κ3) is 18.1. The summed E-state index contributed by atoms with van der Waals surface area (Å²) >= 11 is 0. The minimum Gasteiger partial charge on any atom is -0.330 e. The standard InChI is InChI=1S/C22H43N2O2/c23-19-15-14-17-21(24)22(26)18-13-11-9-7-5-3-1-2-4-6-8-10-12-16-20-25/h21H,1-19,23-24H2/t21-/m0/s1. The van der Waals surface area contributed by atoms with Crippen LogP contribution in [-0.4, -0.2) is 24.7 Å². The average Bonchev–Trinajstić information content (AvgIpc) is 2.64. The Bertz CT molecular complexity index is 321. The predicted octanol–water partition coefficient (Wildman–Crippen LogP) is 4.97. The quantitative estimate of drug-likeness (QED) is 0.280. The third-order valence-electron chi connectivity index (χ3n) is 5.08. The highest BCUT2D eigenvalue weighted by molar-refractivity contribution is 5.83. The first kappa shape index (κ1) is 25.3. The summed E-state index contributed by atoms with van der Waals surface area (Å²) in [6.07, 6.45) is 22.0. The average molecular weight is 368 g/mol. The lowest BCUT2D eigenvalue weighted by Gasteiger charge is -2.10. The van der Waals surface area contributed by atoms with Gasteiger partial charge < -0.3 is 11.5 Å². The Kier molecular flexibility index (Phi) is 20.0. The Morgan fingerprint density at radius 3 is 1.62 bits per heavy atom. The van der Waals surface area contributed by atoms with Gasteiger partial charge in [0.25, 0.3) is 0 Å². The second-order valence-electron chi connectivity index (χ2n) is 7.60. The number of ketones is 1. The third-order valence-corrected chi connectivity index (χ3v) is 5.08. The van der Waals surface area contributed by atoms with Crippen LogP contribution in [0.15, 0.2) is 0 Å². The van der Waals surface area contributed by atoms with Crippen LogP contribution in [0.25, 0.3) is 0 Å². The second kappa shape index (κ2) is 20.6. The van der Waals surface area contributed by atoms with E-state index >= 15 is 0 Å². The molecule has 0 aliphatic rings. The molecule has 0 aromatic heterocycles. The Labute approximate surface area is 161 Å². The molecule has 1 radical (unpaired) electrons. The van der Waals surface area contributed by atoms with Gasteiger partial charge in [0.05, 0.1) is 6.04 Å². The molecule has 0 aliphatic heterocycles. The highest BCUT2D eigenvalue weighted by Gasteiger charge is 2.11. The van der Waals surface area contributed by atoms with Crippen molar-refractivity contribution in [2.75, 3.05) is 6.54 Å². The van der Waals surface area contributed by atoms with Gasteiger partial charge in [-0.1, -0.05) is 77.0 Å². The molecule has 1 atom stereocenters. The molecule has 4 N–H and O–H groups in total. The molecule has 0 fully saturated rings. The number of hydrogen-bond acceptors (Lipinski definition) is 4. The maximum Gasteiger partial charge on any atom is 0.198 e. The number of hydrogen-bond donors (Lipinski definition) is 2. The normalized spacial score (nSPS) is 12.2. The molecule has 26 heavy (non-hydrogen) atoms. The minimum absolute atomic E-state index is 0.228. The molecule has 0 bridgehead atoms. The molecule has 0 aromatic carbocycles. The SMILES string of the molecule is NCCCC[C@H](N)C(=O)CCCCCCCCCCCCCCC[C]=O. The summed E-state index contributed by atoms with van der Waals surface area (Å²) in [5.41, 5.74) is 11.4. The van der Waals surface area contributed by atoms with Crippen molar-refractivity contribution in [1.82, 2.24) is 0 Å². The van der Waals surface area contributed by atoms with Gasteiger partial charge in [-0.2, -0.15) is 0 Å². The second-order valence-corrected chi connectivity index (χ2v) is 7.60. The first-order valence-electron chi connectivity index (χ1n) is 11.1. The van der Waals surface area contributed by atoms with Crippen LogP contribution in [-0.2, 0) is 9.59 Å². The summed E-state index contributed by atoms with van der Waals surface area (Å²) in [7, 11) is 0. The number of nitrogens with two attached hydrogens (primary N) is 2. The summed E-state index contributed by atoms with van der Waals surface area (Å²) in [5.74, 6) is 0.228. The van der Waals surface area contributed by atoms with Crippen molar-refractivity contribution in [3.8, 4) is 0 Å². The lowest BCUT2D eigenvalue weighted by molar-refractivity contribution is -0.120. The maximum absolute atomic E-state index is 11.9. The zero-order valence-corrected chi connectivity index (χ0v) is 17.0. The molecule has 4 nitrogen and oxygen atoms in total. The van der Waals surface area contributed by atoms with E-state index < -0.39 is 0 Å². The number of Topliss-reactive ketones (excluding diaryl/α,β-unsaturated/α-hetero) is 1. The molecule has 0 saturated carbocycles. The van der Waals surface area contributed by atoms with E-state index in [1.165, 1.54) is 64.2 Å². The van der Waals surface area contributed by atoms with Gasteiger partial charge in [-0.15, -0.1) is 0 Å². The summed E-state index contributed by atoms with van der Waals surface area (Å²) in [6.45, 7) is 0.683. The van der Waals surface area contributed by atoms with Crippen LogP contribution < -0.4 is 11.5 Å². The Balaban J connectivity index is 3.21. The topological polar surface area (TPSA) is 86.2 Å². The fourth-order valence-electron chi connectivity index (χ4n) is 3.30. The lowest BCUT2D eigenvalue weighted by atomic mass is 10.0. The van der Waals surface area contributed by atoms with Gasteiger partial charge in [-0.3, -0.25) is 9.59 Å². The predicted molar refractivity (Wildman–Crippen MR) is 111 cm³/mol. The van der Waals surface area contributed by atoms with E-state index in [4.69, 9.17) is 11.5 Å². The molecule has 0 aliphatic carbocycles. The minimum atomic E-state index is -0.273. The van der Waals surface area contributed by atoms with Gasteiger partial charge in [0.2, 0.25) is 0 Å². The van der Waals surface area contributed by atoms with Crippen LogP contribution in [0.4, 0.5) is 0 Å². The van der Waals surface area contributed by atoms with Crippen molar-refractivity contribution in [3.05, 3.63) is 0 Å². The highest BCUT2D eigenvalue weighted by atomic mass is 16.1. The van der Waals surface area contributed by atoms with Crippen LogP contribution in [0.3, 0.4) is 0 Å². The molecule has 0 aromatic rings. The zero-order valence-electron chi connectivity index (χ0n) is 17.0. The van der Waals surface area contributed by atoms with E-state index in [1.807, 2.05) is 6.29 Å². The van der Waals surface area contributed by atoms with Gasteiger partial charge >= 0.3 is 0 Å². The summed E-state index contributed by atoms with van der Waals surface area (Å²) in [4.78, 5) is 22.0. The summed E-state index contributed by atoms with van der Waals surface area (Å²) in [5, 5.41) is 0. The van der Waals surface area contributed by atoms with Crippen molar-refractivity contribution in [2.45, 2.75) is 122 Å². The Hall–Kier alpha value is -0.740. The molecule has 0 spiro atoms. The summed E-state index contributed by atoms with van der Waals surface area (Å²) < 4.78 is 0. The monoisotopic (exact) mass is 367 g/mol. The number of carbonyl (C=O) groups excluding carboxylic acids is 2. The summed E-state index contributed by atoms with van der Waals surface area (Å²) in [6, 6.07) is -0.273. The van der Waals surface area contributed by atoms with Crippen molar-refractivity contribution >= 4 is 12.1 Å². The Morgan fingerprint density at radius 1 is 0.692 bits per heavy atom. The van der Waals surface area contributed by atoms with E-state index in [0.29, 0.717) is 19.4 Å². The smallest absolute Gasteiger partial charge is 0.198 e. The molecule has 0 heterocycles. The van der Waals surface area contributed by atoms with Crippen LogP contribution in [0.5, 0.6) is 0 Å². The zero-order chi connectivity index (χ0) is 19.3. The molecule has 4 heteroatoms. The van der Waals surface area contributed by atoms with Gasteiger partial charge in [0, 0.05) is 12.8 Å². The fraction of sp³-hybridized carbons (Fsp3) is 0.909. The number of carbonyl (C=O) groups is 1. The van der Waals surface area contributed by atoms with E-state index in [9.17, 15) is 9.59 Å². The van der Waals surface area contributed by atoms with Crippen molar-refractivity contribution in [2.24, 2.45) is 11.5 Å². The number of unbranched alkanes of at least 4 members (excludes halogenated alkanes) is 14. The maximum atomic E-state index is 11.9. The van der Waals surface area contributed by atoms with E-state index in [-0.39, 0.29) is 11.8 Å². The Morgan fingerprint density at radius 2 is 1.15 bits per heavy atom. The largest absolute Gasteiger partial charge is 0.330 e. The molecule has 0 amide bonds. The van der Waals surface area contributed by atoms with Gasteiger partial charge in [-0.05, 0) is 32.2 Å². The van der Waals surface area contributed by atoms with E-state index in [2.05, 4.69) is 0 Å². The van der Waals surface area contributed by atoms with Crippen LogP contribution >= 0.6 is 0 Å². The van der Waals surface area contributed by atoms with Crippen molar-refractivity contribution < 1.29 is 9.59 Å². The first-order valence-corrected chi connectivity index (χ1v) is 11.1. The number of rotatable bonds is 21. The van der Waals surface area contributed by atoms with E-state index in [1.54, 1.807) is 0 Å². The van der Waals surface area contributed by atoms with Crippen LogP contribution in [0.1, 0.15) is 116 Å².